The molecule has 0 aromatic heterocycles. The maximum Gasteiger partial charge on any atom is 0.407 e. The van der Waals surface area contributed by atoms with Gasteiger partial charge in [-0.2, -0.15) is 0 Å². The van der Waals surface area contributed by atoms with Crippen LogP contribution in [0.4, 0.5) is 10.5 Å². The first-order valence-corrected chi connectivity index (χ1v) is 7.59. The van der Waals surface area contributed by atoms with Gasteiger partial charge in [0.05, 0.1) is 0 Å². The van der Waals surface area contributed by atoms with E-state index in [1.807, 2.05) is 42.5 Å². The minimum atomic E-state index is -0.544. The number of alkyl carbamates (subject to hydrolysis) is 1. The third-order valence-corrected chi connectivity index (χ3v) is 3.05. The number of ether oxygens (including phenoxy) is 1. The summed E-state index contributed by atoms with van der Waals surface area (Å²) in [4.78, 5) is 23.4. The van der Waals surface area contributed by atoms with Gasteiger partial charge in [0.15, 0.2) is 0 Å². The van der Waals surface area contributed by atoms with E-state index in [4.69, 9.17) is 4.74 Å². The molecule has 0 atom stereocenters. The van der Waals surface area contributed by atoms with Crippen LogP contribution in [0, 0.1) is 0 Å². The van der Waals surface area contributed by atoms with E-state index in [1.54, 1.807) is 20.8 Å². The van der Waals surface area contributed by atoms with E-state index < -0.39 is 11.7 Å². The summed E-state index contributed by atoms with van der Waals surface area (Å²) in [6, 6.07) is 13.7. The van der Waals surface area contributed by atoms with Crippen molar-refractivity contribution in [1.82, 2.24) is 5.32 Å². The molecule has 2 aromatic carbocycles. The molecule has 5 heteroatoms. The number of rotatable bonds is 4. The monoisotopic (exact) mass is 314 g/mol. The number of fused-ring (bicyclic) bond motifs is 1. The summed E-state index contributed by atoms with van der Waals surface area (Å²) in [5.41, 5.74) is 0.197. The molecule has 0 bridgehead atoms. The third kappa shape index (κ3) is 5.62. The van der Waals surface area contributed by atoms with E-state index >= 15 is 0 Å². The van der Waals surface area contributed by atoms with Gasteiger partial charge in [-0.15, -0.1) is 0 Å². The van der Waals surface area contributed by atoms with Crippen LogP contribution >= 0.6 is 0 Å². The fraction of sp³-hybridized carbons (Fsp3) is 0.333. The second-order valence-corrected chi connectivity index (χ2v) is 6.29. The molecule has 2 aromatic rings. The number of anilines is 1. The van der Waals surface area contributed by atoms with Crippen molar-refractivity contribution in [2.45, 2.75) is 32.8 Å². The molecule has 2 amide bonds. The van der Waals surface area contributed by atoms with E-state index in [0.717, 1.165) is 16.5 Å². The number of amides is 2. The SMILES string of the molecule is CC(C)(C)OC(=O)NCCC(=O)Nc1ccc2ccccc2c1. The minimum Gasteiger partial charge on any atom is -0.444 e. The van der Waals surface area contributed by atoms with Crippen molar-refractivity contribution in [3.63, 3.8) is 0 Å². The average Bonchev–Trinajstić information content (AvgIpc) is 2.45. The fourth-order valence-electron chi connectivity index (χ4n) is 2.08. The molecule has 2 rings (SSSR count). The minimum absolute atomic E-state index is 0.156. The predicted molar refractivity (Wildman–Crippen MR) is 91.4 cm³/mol. The van der Waals surface area contributed by atoms with Gasteiger partial charge < -0.3 is 15.4 Å². The Balaban J connectivity index is 1.81. The lowest BCUT2D eigenvalue weighted by molar-refractivity contribution is -0.116. The first-order chi connectivity index (χ1) is 10.8. The van der Waals surface area contributed by atoms with Crippen LogP contribution in [0.5, 0.6) is 0 Å². The van der Waals surface area contributed by atoms with Gasteiger partial charge in [-0.25, -0.2) is 4.79 Å². The summed E-state index contributed by atoms with van der Waals surface area (Å²) >= 11 is 0. The van der Waals surface area contributed by atoms with Gasteiger partial charge in [-0.1, -0.05) is 30.3 Å². The molecule has 0 radical (unpaired) electrons. The Morgan fingerprint density at radius 1 is 1.04 bits per heavy atom. The van der Waals surface area contributed by atoms with Crippen molar-refractivity contribution in [3.8, 4) is 0 Å². The molecule has 122 valence electrons. The highest BCUT2D eigenvalue weighted by atomic mass is 16.6. The van der Waals surface area contributed by atoms with Gasteiger partial charge in [0.1, 0.15) is 5.60 Å². The zero-order valence-corrected chi connectivity index (χ0v) is 13.7. The standard InChI is InChI=1S/C18H22N2O3/c1-18(2,3)23-17(22)19-11-10-16(21)20-15-9-8-13-6-4-5-7-14(13)12-15/h4-9,12H,10-11H2,1-3H3,(H,19,22)(H,20,21). The van der Waals surface area contributed by atoms with Crippen LogP contribution in [0.1, 0.15) is 27.2 Å². The number of hydrogen-bond donors (Lipinski definition) is 2. The largest absolute Gasteiger partial charge is 0.444 e. The molecule has 0 heterocycles. The highest BCUT2D eigenvalue weighted by molar-refractivity contribution is 5.94. The molecule has 23 heavy (non-hydrogen) atoms. The summed E-state index contributed by atoms with van der Waals surface area (Å²) in [6.45, 7) is 5.60. The second kappa shape index (κ2) is 7.13. The normalized spacial score (nSPS) is 11.1. The Labute approximate surface area is 136 Å². The molecule has 0 saturated carbocycles. The van der Waals surface area contributed by atoms with Crippen molar-refractivity contribution in [3.05, 3.63) is 42.5 Å². The lowest BCUT2D eigenvalue weighted by Crippen LogP contribution is -2.34. The zero-order chi connectivity index (χ0) is 16.9. The summed E-state index contributed by atoms with van der Waals surface area (Å²) in [7, 11) is 0. The molecule has 0 spiro atoms. The van der Waals surface area contributed by atoms with Crippen molar-refractivity contribution >= 4 is 28.5 Å². The zero-order valence-electron chi connectivity index (χ0n) is 13.7. The quantitative estimate of drug-likeness (QED) is 0.904. The van der Waals surface area contributed by atoms with Crippen LogP contribution in [-0.2, 0) is 9.53 Å². The molecule has 0 aliphatic heterocycles. The lowest BCUT2D eigenvalue weighted by Gasteiger charge is -2.19. The number of carbonyl (C=O) groups excluding carboxylic acids is 2. The van der Waals surface area contributed by atoms with E-state index in [0.29, 0.717) is 0 Å². The molecule has 2 N–H and O–H groups in total. The van der Waals surface area contributed by atoms with Crippen molar-refractivity contribution < 1.29 is 14.3 Å². The Hall–Kier alpha value is -2.56. The van der Waals surface area contributed by atoms with Gasteiger partial charge in [-0.3, -0.25) is 4.79 Å². The number of nitrogens with one attached hydrogen (secondary N) is 2. The molecule has 0 saturated heterocycles. The van der Waals surface area contributed by atoms with Crippen molar-refractivity contribution in [2.24, 2.45) is 0 Å². The average molecular weight is 314 g/mol. The predicted octanol–water partition coefficient (Wildman–Crippen LogP) is 3.69. The van der Waals surface area contributed by atoms with Gasteiger partial charge >= 0.3 is 6.09 Å². The topological polar surface area (TPSA) is 67.4 Å². The Morgan fingerprint density at radius 2 is 1.74 bits per heavy atom. The molecule has 0 aliphatic rings. The van der Waals surface area contributed by atoms with Crippen LogP contribution in [0.2, 0.25) is 0 Å². The maximum atomic E-state index is 11.9. The Kier molecular flexibility index (Phi) is 5.21. The number of benzene rings is 2. The number of hydrogen-bond acceptors (Lipinski definition) is 3. The van der Waals surface area contributed by atoms with E-state index in [9.17, 15) is 9.59 Å². The first-order valence-electron chi connectivity index (χ1n) is 7.59. The smallest absolute Gasteiger partial charge is 0.407 e. The summed E-state index contributed by atoms with van der Waals surface area (Å²) in [5.74, 6) is -0.156. The molecular formula is C18H22N2O3. The van der Waals surface area contributed by atoms with Gasteiger partial charge in [0, 0.05) is 18.7 Å². The summed E-state index contributed by atoms with van der Waals surface area (Å²) < 4.78 is 5.10. The maximum absolute atomic E-state index is 11.9. The molecule has 5 nitrogen and oxygen atoms in total. The summed E-state index contributed by atoms with van der Waals surface area (Å²) in [6.07, 6.45) is -0.331. The third-order valence-electron chi connectivity index (χ3n) is 3.05. The highest BCUT2D eigenvalue weighted by Gasteiger charge is 2.15. The lowest BCUT2D eigenvalue weighted by atomic mass is 10.1. The van der Waals surface area contributed by atoms with Crippen molar-refractivity contribution in [1.29, 1.82) is 0 Å². The Bertz CT molecular complexity index is 705. The molecular weight excluding hydrogens is 292 g/mol. The Morgan fingerprint density at radius 3 is 2.43 bits per heavy atom. The first kappa shape index (κ1) is 16.8. The second-order valence-electron chi connectivity index (χ2n) is 6.29. The van der Waals surface area contributed by atoms with E-state index in [-0.39, 0.29) is 18.9 Å². The molecule has 0 unspecified atom stereocenters. The van der Waals surface area contributed by atoms with E-state index in [1.165, 1.54) is 0 Å². The van der Waals surface area contributed by atoms with Crippen LogP contribution in [0.25, 0.3) is 10.8 Å². The highest BCUT2D eigenvalue weighted by Crippen LogP contribution is 2.18. The van der Waals surface area contributed by atoms with Crippen LogP contribution in [0.15, 0.2) is 42.5 Å². The molecule has 0 fully saturated rings. The van der Waals surface area contributed by atoms with Gasteiger partial charge in [-0.05, 0) is 43.7 Å². The van der Waals surface area contributed by atoms with Crippen LogP contribution in [-0.4, -0.2) is 24.1 Å². The van der Waals surface area contributed by atoms with Crippen molar-refractivity contribution in [2.75, 3.05) is 11.9 Å². The van der Waals surface area contributed by atoms with Crippen LogP contribution in [0.3, 0.4) is 0 Å². The molecule has 0 aliphatic carbocycles. The van der Waals surface area contributed by atoms with Gasteiger partial charge in [0.25, 0.3) is 0 Å². The van der Waals surface area contributed by atoms with Crippen LogP contribution < -0.4 is 10.6 Å². The summed E-state index contributed by atoms with van der Waals surface area (Å²) in [5, 5.41) is 7.58. The van der Waals surface area contributed by atoms with E-state index in [2.05, 4.69) is 10.6 Å². The fourth-order valence-corrected chi connectivity index (χ4v) is 2.08. The van der Waals surface area contributed by atoms with Gasteiger partial charge in [0.2, 0.25) is 5.91 Å². The number of carbonyl (C=O) groups is 2.